The number of rotatable bonds is 55. The van der Waals surface area contributed by atoms with E-state index >= 15 is 0 Å². The molecule has 0 bridgehead atoms. The van der Waals surface area contributed by atoms with Crippen molar-refractivity contribution in [3.05, 3.63) is 109 Å². The van der Waals surface area contributed by atoms with E-state index in [0.29, 0.717) is 17.4 Å². The first-order chi connectivity index (χ1) is 36.5. The van der Waals surface area contributed by atoms with E-state index in [-0.39, 0.29) is 19.1 Å². The Morgan fingerprint density at radius 3 is 1.23 bits per heavy atom. The van der Waals surface area contributed by atoms with Gasteiger partial charge in [0.05, 0.1) is 39.9 Å². The van der Waals surface area contributed by atoms with E-state index in [1.54, 1.807) is 6.08 Å². The molecule has 75 heavy (non-hydrogen) atoms. The highest BCUT2D eigenvalue weighted by atomic mass is 31.2. The van der Waals surface area contributed by atoms with Crippen LogP contribution in [0.1, 0.15) is 251 Å². The van der Waals surface area contributed by atoms with E-state index in [9.17, 15) is 19.4 Å². The lowest BCUT2D eigenvalue weighted by molar-refractivity contribution is -0.870. The standard InChI is InChI=1S/C66H117N2O6P/c1-6-8-10-12-14-16-18-20-22-24-26-28-30-31-32-33-34-35-36-37-38-40-42-44-46-48-50-52-54-56-58-60-66(70)67-64(63-74-75(71,72)73-62-61-68(3,4)5)65(69)59-57-55-53-51-49-47-45-43-41-39-29-27-25-23-21-19-17-15-13-11-9-7-2/h8,10,14,16,20,22,26,28,31-32,34-35,37-38,49,51,57,59,64-65,69H,6-7,9,11-13,15,17-19,21,23-25,27,29-30,33,36,39-48,50,52-56,58,60-63H2,1-5H3,(H-,67,70,71,72)/p+1/b10-8-,16-14-,22-20-,28-26-,32-31-,35-34-,38-37-,51-49+,59-57+. The van der Waals surface area contributed by atoms with Crippen LogP contribution < -0.4 is 5.32 Å². The number of phosphoric ester groups is 1. The molecule has 0 fully saturated rings. The van der Waals surface area contributed by atoms with Crippen molar-refractivity contribution >= 4 is 13.7 Å². The summed E-state index contributed by atoms with van der Waals surface area (Å²) in [6.45, 7) is 4.68. The third kappa shape index (κ3) is 58.7. The number of hydrogen-bond donors (Lipinski definition) is 3. The van der Waals surface area contributed by atoms with Crippen LogP contribution in [0.15, 0.2) is 109 Å². The van der Waals surface area contributed by atoms with Crippen LogP contribution >= 0.6 is 7.82 Å². The SMILES string of the molecule is CC/C=C\C/C=C\C/C=C\C/C=C\C/C=C\C/C=C\C/C=C\CCCCCCCCCCCC(=O)NC(COP(=O)(O)OCC[N+](C)(C)C)C(O)/C=C/CC/C=C/CCCCCCCCCCCCCCCCCC. The van der Waals surface area contributed by atoms with Gasteiger partial charge in [-0.2, -0.15) is 0 Å². The summed E-state index contributed by atoms with van der Waals surface area (Å²) in [6, 6.07) is -0.875. The maximum atomic E-state index is 13.0. The summed E-state index contributed by atoms with van der Waals surface area (Å²) in [4.78, 5) is 23.3. The second kappa shape index (κ2) is 55.9. The molecule has 0 heterocycles. The minimum absolute atomic E-state index is 0.0498. The van der Waals surface area contributed by atoms with Crippen LogP contribution in [0.5, 0.6) is 0 Å². The Balaban J connectivity index is 4.25. The van der Waals surface area contributed by atoms with E-state index in [4.69, 9.17) is 9.05 Å². The molecular weight excluding hydrogens is 948 g/mol. The zero-order valence-electron chi connectivity index (χ0n) is 49.3. The number of aliphatic hydroxyl groups excluding tert-OH is 1. The molecule has 0 saturated heterocycles. The minimum Gasteiger partial charge on any atom is -0.387 e. The molecule has 0 saturated carbocycles. The molecule has 0 aromatic rings. The van der Waals surface area contributed by atoms with Crippen LogP contribution in [-0.4, -0.2) is 73.4 Å². The summed E-state index contributed by atoms with van der Waals surface area (Å²) in [5.41, 5.74) is 0. The van der Waals surface area contributed by atoms with Gasteiger partial charge < -0.3 is 19.8 Å². The monoisotopic (exact) mass is 1070 g/mol. The number of unbranched alkanes of at least 4 members (excludes halogenated alkanes) is 26. The number of amides is 1. The van der Waals surface area contributed by atoms with Crippen molar-refractivity contribution in [3.63, 3.8) is 0 Å². The fraction of sp³-hybridized carbons (Fsp3) is 0.712. The number of nitrogens with zero attached hydrogens (tertiary/aromatic N) is 1. The van der Waals surface area contributed by atoms with Gasteiger partial charge >= 0.3 is 7.82 Å². The smallest absolute Gasteiger partial charge is 0.387 e. The van der Waals surface area contributed by atoms with Crippen molar-refractivity contribution in [2.24, 2.45) is 0 Å². The normalized spacial score (nSPS) is 14.6. The molecule has 3 unspecified atom stereocenters. The van der Waals surface area contributed by atoms with Crippen molar-refractivity contribution in [2.75, 3.05) is 40.9 Å². The van der Waals surface area contributed by atoms with E-state index in [1.165, 1.54) is 141 Å². The molecule has 432 valence electrons. The van der Waals surface area contributed by atoms with E-state index in [0.717, 1.165) is 89.9 Å². The van der Waals surface area contributed by atoms with Crippen molar-refractivity contribution in [1.29, 1.82) is 0 Å². The Morgan fingerprint density at radius 2 is 0.813 bits per heavy atom. The number of quaternary nitrogens is 1. The van der Waals surface area contributed by atoms with Crippen LogP contribution in [0.4, 0.5) is 0 Å². The average molecular weight is 1070 g/mol. The molecule has 0 rings (SSSR count). The lowest BCUT2D eigenvalue weighted by Gasteiger charge is -2.25. The van der Waals surface area contributed by atoms with Crippen molar-refractivity contribution < 1.29 is 32.9 Å². The third-order valence-electron chi connectivity index (χ3n) is 13.2. The summed E-state index contributed by atoms with van der Waals surface area (Å²) in [5.74, 6) is -0.196. The zero-order valence-corrected chi connectivity index (χ0v) is 50.1. The summed E-state index contributed by atoms with van der Waals surface area (Å²) >= 11 is 0. The van der Waals surface area contributed by atoms with Gasteiger partial charge in [-0.25, -0.2) is 4.57 Å². The lowest BCUT2D eigenvalue weighted by Crippen LogP contribution is -2.45. The molecule has 3 N–H and O–H groups in total. The van der Waals surface area contributed by atoms with Crippen molar-refractivity contribution in [2.45, 2.75) is 264 Å². The molecule has 0 aliphatic rings. The molecule has 9 heteroatoms. The first-order valence-corrected chi connectivity index (χ1v) is 32.3. The van der Waals surface area contributed by atoms with E-state index in [2.05, 4.69) is 116 Å². The number of carbonyl (C=O) groups is 1. The molecule has 0 spiro atoms. The fourth-order valence-electron chi connectivity index (χ4n) is 8.45. The predicted molar refractivity (Wildman–Crippen MR) is 327 cm³/mol. The highest BCUT2D eigenvalue weighted by Gasteiger charge is 2.27. The number of allylic oxidation sites excluding steroid dienone is 17. The first-order valence-electron chi connectivity index (χ1n) is 30.8. The van der Waals surface area contributed by atoms with Crippen molar-refractivity contribution in [1.82, 2.24) is 5.32 Å². The quantitative estimate of drug-likeness (QED) is 0.0243. The van der Waals surface area contributed by atoms with Crippen LogP contribution in [0.3, 0.4) is 0 Å². The van der Waals surface area contributed by atoms with Gasteiger partial charge in [0.2, 0.25) is 5.91 Å². The van der Waals surface area contributed by atoms with Gasteiger partial charge in [-0.3, -0.25) is 13.8 Å². The van der Waals surface area contributed by atoms with Crippen LogP contribution in [-0.2, 0) is 18.4 Å². The van der Waals surface area contributed by atoms with Gasteiger partial charge in [-0.05, 0) is 89.9 Å². The Bertz CT molecular complexity index is 1590. The van der Waals surface area contributed by atoms with Crippen LogP contribution in [0.25, 0.3) is 0 Å². The predicted octanol–water partition coefficient (Wildman–Crippen LogP) is 19.2. The number of hydrogen-bond acceptors (Lipinski definition) is 5. The highest BCUT2D eigenvalue weighted by Crippen LogP contribution is 2.43. The molecule has 0 aromatic heterocycles. The molecule has 3 atom stereocenters. The molecule has 8 nitrogen and oxygen atoms in total. The molecule has 1 amide bonds. The number of nitrogens with one attached hydrogen (secondary N) is 1. The fourth-order valence-corrected chi connectivity index (χ4v) is 9.19. The Hall–Kier alpha value is -2.84. The number of likely N-dealkylation sites (N-methyl/N-ethyl adjacent to an activating group) is 1. The number of aliphatic hydroxyl groups is 1. The van der Waals surface area contributed by atoms with Gasteiger partial charge in [-0.15, -0.1) is 0 Å². The van der Waals surface area contributed by atoms with Crippen LogP contribution in [0, 0.1) is 0 Å². The zero-order chi connectivity index (χ0) is 54.9. The van der Waals surface area contributed by atoms with E-state index in [1.807, 2.05) is 27.2 Å². The first kappa shape index (κ1) is 72.2. The van der Waals surface area contributed by atoms with Gasteiger partial charge in [0.15, 0.2) is 0 Å². The Morgan fingerprint density at radius 1 is 0.467 bits per heavy atom. The Kier molecular flexibility index (Phi) is 53.8. The molecule has 0 radical (unpaired) electrons. The van der Waals surface area contributed by atoms with Crippen molar-refractivity contribution in [3.8, 4) is 0 Å². The second-order valence-corrected chi connectivity index (χ2v) is 23.1. The maximum Gasteiger partial charge on any atom is 0.472 e. The summed E-state index contributed by atoms with van der Waals surface area (Å²) in [6.07, 6.45) is 82.0. The third-order valence-corrected chi connectivity index (χ3v) is 14.2. The minimum atomic E-state index is -4.37. The number of phosphoric acid groups is 1. The van der Waals surface area contributed by atoms with Gasteiger partial charge in [-0.1, -0.05) is 264 Å². The Labute approximate surface area is 463 Å². The second-order valence-electron chi connectivity index (χ2n) is 21.7. The molecule has 0 aliphatic heterocycles. The summed E-state index contributed by atoms with van der Waals surface area (Å²) < 4.78 is 23.7. The highest BCUT2D eigenvalue weighted by molar-refractivity contribution is 7.47. The molecular formula is C66H118N2O6P+. The van der Waals surface area contributed by atoms with Gasteiger partial charge in [0.1, 0.15) is 13.2 Å². The summed E-state index contributed by atoms with van der Waals surface area (Å²) in [7, 11) is 1.54. The molecule has 0 aliphatic carbocycles. The maximum absolute atomic E-state index is 13.0. The topological polar surface area (TPSA) is 105 Å². The van der Waals surface area contributed by atoms with E-state index < -0.39 is 20.0 Å². The van der Waals surface area contributed by atoms with Gasteiger partial charge in [0.25, 0.3) is 0 Å². The number of carbonyl (C=O) groups excluding carboxylic acids is 1. The van der Waals surface area contributed by atoms with Crippen LogP contribution in [0.2, 0.25) is 0 Å². The lowest BCUT2D eigenvalue weighted by atomic mass is 10.0. The summed E-state index contributed by atoms with van der Waals surface area (Å²) in [5, 5.41) is 13.9. The molecule has 0 aromatic carbocycles. The largest absolute Gasteiger partial charge is 0.472 e. The van der Waals surface area contributed by atoms with Gasteiger partial charge in [0, 0.05) is 6.42 Å². The average Bonchev–Trinajstić information content (AvgIpc) is 3.37.